The lowest BCUT2D eigenvalue weighted by atomic mass is 10.1. The van der Waals surface area contributed by atoms with Gasteiger partial charge in [0.15, 0.2) is 0 Å². The maximum atomic E-state index is 14.1. The van der Waals surface area contributed by atoms with Gasteiger partial charge in [-0.15, -0.1) is 0 Å². The van der Waals surface area contributed by atoms with Crippen LogP contribution in [0.15, 0.2) is 40.1 Å². The number of ketones is 1. The van der Waals surface area contributed by atoms with E-state index in [0.29, 0.717) is 10.6 Å². The molecule has 5 heteroatoms. The number of aryl methyl sites for hydroxylation is 2. The Morgan fingerprint density at radius 2 is 1.81 bits per heavy atom. The van der Waals surface area contributed by atoms with Crippen LogP contribution in [-0.4, -0.2) is 11.7 Å². The molecule has 106 valence electrons. The van der Waals surface area contributed by atoms with Gasteiger partial charge >= 0.3 is 0 Å². The summed E-state index contributed by atoms with van der Waals surface area (Å²) < 4.78 is 14.1. The Morgan fingerprint density at radius 3 is 2.52 bits per heavy atom. The van der Waals surface area contributed by atoms with Crippen LogP contribution in [0.1, 0.15) is 21.5 Å². The van der Waals surface area contributed by atoms with Crippen LogP contribution < -0.4 is 5.32 Å². The molecule has 2 aromatic carbocycles. The van der Waals surface area contributed by atoms with Crippen LogP contribution in [0, 0.1) is 19.7 Å². The van der Waals surface area contributed by atoms with Crippen molar-refractivity contribution in [2.45, 2.75) is 23.6 Å². The third-order valence-electron chi connectivity index (χ3n) is 3.48. The Morgan fingerprint density at radius 1 is 1.05 bits per heavy atom. The first-order valence-electron chi connectivity index (χ1n) is 6.40. The number of nitrogens with one attached hydrogen (secondary N) is 1. The average Bonchev–Trinajstić information content (AvgIpc) is 2.70. The summed E-state index contributed by atoms with van der Waals surface area (Å²) in [6.45, 7) is 4.01. The van der Waals surface area contributed by atoms with Crippen LogP contribution in [0.25, 0.3) is 0 Å². The monoisotopic (exact) mass is 301 g/mol. The van der Waals surface area contributed by atoms with Gasteiger partial charge in [-0.2, -0.15) is 0 Å². The van der Waals surface area contributed by atoms with Gasteiger partial charge in [0.2, 0.25) is 0 Å². The number of amides is 1. The summed E-state index contributed by atoms with van der Waals surface area (Å²) in [7, 11) is 0. The molecular formula is C16H12FNO2S. The zero-order valence-corrected chi connectivity index (χ0v) is 12.3. The minimum absolute atomic E-state index is 0.0990. The minimum atomic E-state index is -0.710. The molecule has 1 aliphatic rings. The van der Waals surface area contributed by atoms with Gasteiger partial charge < -0.3 is 5.32 Å². The predicted molar refractivity (Wildman–Crippen MR) is 79.4 cm³/mol. The van der Waals surface area contributed by atoms with Gasteiger partial charge in [-0.25, -0.2) is 4.39 Å². The smallest absolute Gasteiger partial charge is 0.296 e. The van der Waals surface area contributed by atoms with Crippen molar-refractivity contribution in [3.8, 4) is 0 Å². The first-order chi connectivity index (χ1) is 9.95. The number of hydrogen-bond acceptors (Lipinski definition) is 3. The second-order valence-corrected chi connectivity index (χ2v) is 6.07. The fraction of sp³-hybridized carbons (Fsp3) is 0.125. The molecule has 1 aliphatic heterocycles. The van der Waals surface area contributed by atoms with Gasteiger partial charge in [0.1, 0.15) is 5.82 Å². The molecule has 0 fully saturated rings. The van der Waals surface area contributed by atoms with E-state index in [0.717, 1.165) is 16.5 Å². The molecule has 3 nitrogen and oxygen atoms in total. The number of fused-ring (bicyclic) bond motifs is 1. The molecule has 0 spiro atoms. The SMILES string of the molecule is Cc1ccc(Sc2cc3c(cc2F)C(=O)C(=O)N3)cc1C. The zero-order valence-electron chi connectivity index (χ0n) is 11.5. The molecule has 21 heavy (non-hydrogen) atoms. The number of anilines is 1. The number of Topliss-reactive ketones (excluding diaryl/α,β-unsaturated/α-hetero) is 1. The molecule has 0 aromatic heterocycles. The number of hydrogen-bond donors (Lipinski definition) is 1. The van der Waals surface area contributed by atoms with Crippen molar-refractivity contribution in [3.05, 3.63) is 52.8 Å². The predicted octanol–water partition coefficient (Wildman–Crippen LogP) is 3.73. The van der Waals surface area contributed by atoms with Crippen molar-refractivity contribution >= 4 is 29.1 Å². The fourth-order valence-electron chi connectivity index (χ4n) is 2.13. The van der Waals surface area contributed by atoms with Crippen LogP contribution in [0.2, 0.25) is 0 Å². The first-order valence-corrected chi connectivity index (χ1v) is 7.21. The zero-order chi connectivity index (χ0) is 15.1. The molecule has 1 N–H and O–H groups in total. The van der Waals surface area contributed by atoms with Crippen LogP contribution in [0.5, 0.6) is 0 Å². The molecule has 0 aliphatic carbocycles. The second kappa shape index (κ2) is 5.00. The quantitative estimate of drug-likeness (QED) is 0.860. The van der Waals surface area contributed by atoms with Crippen molar-refractivity contribution in [2.75, 3.05) is 5.32 Å². The van der Waals surface area contributed by atoms with E-state index in [1.165, 1.54) is 23.4 Å². The van der Waals surface area contributed by atoms with Gasteiger partial charge in [-0.05, 0) is 49.2 Å². The highest BCUT2D eigenvalue weighted by Gasteiger charge is 2.29. The second-order valence-electron chi connectivity index (χ2n) is 4.96. The van der Waals surface area contributed by atoms with E-state index in [9.17, 15) is 14.0 Å². The van der Waals surface area contributed by atoms with E-state index in [-0.39, 0.29) is 5.56 Å². The number of rotatable bonds is 2. The van der Waals surface area contributed by atoms with Crippen molar-refractivity contribution in [2.24, 2.45) is 0 Å². The highest BCUT2D eigenvalue weighted by atomic mass is 32.2. The summed E-state index contributed by atoms with van der Waals surface area (Å²) in [4.78, 5) is 24.1. The third kappa shape index (κ3) is 2.45. The van der Waals surface area contributed by atoms with Crippen LogP contribution >= 0.6 is 11.8 Å². The summed E-state index contributed by atoms with van der Waals surface area (Å²) in [5.41, 5.74) is 2.77. The Labute approximate surface area is 125 Å². The molecule has 2 aromatic rings. The maximum Gasteiger partial charge on any atom is 0.296 e. The first kappa shape index (κ1) is 13.8. The number of halogens is 1. The lowest BCUT2D eigenvalue weighted by molar-refractivity contribution is -0.112. The van der Waals surface area contributed by atoms with Gasteiger partial charge in [0.25, 0.3) is 11.7 Å². The molecule has 1 heterocycles. The summed E-state index contributed by atoms with van der Waals surface area (Å²) in [6, 6.07) is 8.51. The normalized spacial score (nSPS) is 13.3. The Kier molecular flexibility index (Phi) is 3.29. The average molecular weight is 301 g/mol. The molecular weight excluding hydrogens is 289 g/mol. The molecule has 0 saturated heterocycles. The summed E-state index contributed by atoms with van der Waals surface area (Å²) in [5, 5.41) is 2.45. The van der Waals surface area contributed by atoms with E-state index < -0.39 is 17.5 Å². The number of carbonyl (C=O) groups is 2. The van der Waals surface area contributed by atoms with Gasteiger partial charge in [0, 0.05) is 4.90 Å². The Hall–Kier alpha value is -2.14. The molecule has 0 unspecified atom stereocenters. The standard InChI is InChI=1S/C16H12FNO2S/c1-8-3-4-10(5-9(8)2)21-14-7-13-11(6-12(14)17)15(19)16(20)18-13/h3-7H,1-2H3,(H,18,19,20). The van der Waals surface area contributed by atoms with Crippen molar-refractivity contribution in [1.29, 1.82) is 0 Å². The van der Waals surface area contributed by atoms with Gasteiger partial charge in [-0.1, -0.05) is 17.8 Å². The van der Waals surface area contributed by atoms with E-state index >= 15 is 0 Å². The van der Waals surface area contributed by atoms with Gasteiger partial charge in [0.05, 0.1) is 16.1 Å². The Balaban J connectivity index is 1.97. The third-order valence-corrected chi connectivity index (χ3v) is 4.50. The number of carbonyl (C=O) groups excluding carboxylic acids is 2. The highest BCUT2D eigenvalue weighted by molar-refractivity contribution is 7.99. The van der Waals surface area contributed by atoms with Crippen LogP contribution in [0.4, 0.5) is 10.1 Å². The lowest BCUT2D eigenvalue weighted by Crippen LogP contribution is -2.12. The van der Waals surface area contributed by atoms with Crippen molar-refractivity contribution in [3.63, 3.8) is 0 Å². The van der Waals surface area contributed by atoms with Gasteiger partial charge in [-0.3, -0.25) is 9.59 Å². The fourth-order valence-corrected chi connectivity index (χ4v) is 3.09. The van der Waals surface area contributed by atoms with E-state index in [1.54, 1.807) is 0 Å². The Bertz CT molecular complexity index is 786. The molecule has 0 bridgehead atoms. The molecule has 3 rings (SSSR count). The molecule has 0 atom stereocenters. The largest absolute Gasteiger partial charge is 0.318 e. The highest BCUT2D eigenvalue weighted by Crippen LogP contribution is 2.35. The van der Waals surface area contributed by atoms with Crippen molar-refractivity contribution < 1.29 is 14.0 Å². The topological polar surface area (TPSA) is 46.2 Å². The van der Waals surface area contributed by atoms with E-state index in [2.05, 4.69) is 5.32 Å². The molecule has 1 amide bonds. The summed E-state index contributed by atoms with van der Waals surface area (Å²) in [5.74, 6) is -1.90. The van der Waals surface area contributed by atoms with E-state index in [4.69, 9.17) is 0 Å². The van der Waals surface area contributed by atoms with Crippen molar-refractivity contribution in [1.82, 2.24) is 0 Å². The molecule has 0 radical (unpaired) electrons. The lowest BCUT2D eigenvalue weighted by Gasteiger charge is -2.07. The number of benzene rings is 2. The summed E-state index contributed by atoms with van der Waals surface area (Å²) >= 11 is 1.27. The van der Waals surface area contributed by atoms with Crippen LogP contribution in [0.3, 0.4) is 0 Å². The summed E-state index contributed by atoms with van der Waals surface area (Å²) in [6.07, 6.45) is 0. The van der Waals surface area contributed by atoms with E-state index in [1.807, 2.05) is 32.0 Å². The van der Waals surface area contributed by atoms with Crippen LogP contribution in [-0.2, 0) is 4.79 Å². The minimum Gasteiger partial charge on any atom is -0.318 e. The molecule has 0 saturated carbocycles. The maximum absolute atomic E-state index is 14.1.